The summed E-state index contributed by atoms with van der Waals surface area (Å²) in [4.78, 5) is 29.8. The summed E-state index contributed by atoms with van der Waals surface area (Å²) < 4.78 is 66.0. The molecule has 0 spiro atoms. The number of benzene rings is 1. The molecule has 2 aromatic rings. The van der Waals surface area contributed by atoms with Gasteiger partial charge in [0.1, 0.15) is 16.1 Å². The number of sulfonamides is 1. The van der Waals surface area contributed by atoms with E-state index in [0.29, 0.717) is 5.56 Å². The van der Waals surface area contributed by atoms with Crippen LogP contribution in [-0.2, 0) is 32.3 Å². The minimum atomic E-state index is -4.49. The highest BCUT2D eigenvalue weighted by molar-refractivity contribution is 9.10. The van der Waals surface area contributed by atoms with Gasteiger partial charge in [-0.15, -0.1) is 12.4 Å². The lowest BCUT2D eigenvalue weighted by atomic mass is 10.1. The van der Waals surface area contributed by atoms with Gasteiger partial charge in [-0.3, -0.25) is 9.59 Å². The Morgan fingerprint density at radius 1 is 1.23 bits per heavy atom. The van der Waals surface area contributed by atoms with E-state index >= 15 is 0 Å². The molecule has 8 nitrogen and oxygen atoms in total. The first-order chi connectivity index (χ1) is 15.8. The van der Waals surface area contributed by atoms with Gasteiger partial charge in [-0.25, -0.2) is 13.4 Å². The van der Waals surface area contributed by atoms with Crippen molar-refractivity contribution in [2.45, 2.75) is 30.6 Å². The quantitative estimate of drug-likeness (QED) is 0.517. The zero-order valence-electron chi connectivity index (χ0n) is 18.1. The van der Waals surface area contributed by atoms with Crippen molar-refractivity contribution in [3.05, 3.63) is 57.3 Å². The van der Waals surface area contributed by atoms with E-state index in [2.05, 4.69) is 26.2 Å². The molecule has 15 heteroatoms. The largest absolute Gasteiger partial charge is 0.416 e. The first kappa shape index (κ1) is 29.3. The number of pyridine rings is 1. The molecule has 1 fully saturated rings. The van der Waals surface area contributed by atoms with E-state index < -0.39 is 33.7 Å². The van der Waals surface area contributed by atoms with Crippen LogP contribution in [-0.4, -0.2) is 60.1 Å². The Balaban J connectivity index is 0.00000432. The molecule has 2 amide bonds. The minimum absolute atomic E-state index is 0. The highest BCUT2D eigenvalue weighted by Gasteiger charge is 2.41. The van der Waals surface area contributed by atoms with Gasteiger partial charge >= 0.3 is 6.18 Å². The van der Waals surface area contributed by atoms with Crippen LogP contribution in [0.5, 0.6) is 0 Å². The van der Waals surface area contributed by atoms with Gasteiger partial charge in [-0.1, -0.05) is 23.7 Å². The molecule has 0 saturated carbocycles. The topological polar surface area (TPSA) is 99.7 Å². The Morgan fingerprint density at radius 2 is 1.86 bits per heavy atom. The number of halogens is 6. The Bertz CT molecular complexity index is 1200. The van der Waals surface area contributed by atoms with Gasteiger partial charge < -0.3 is 10.2 Å². The summed E-state index contributed by atoms with van der Waals surface area (Å²) in [6, 6.07) is 4.23. The molecule has 1 atom stereocenters. The molecule has 2 heterocycles. The van der Waals surface area contributed by atoms with Gasteiger partial charge in [-0.2, -0.15) is 17.5 Å². The Kier molecular flexibility index (Phi) is 9.56. The molecule has 1 N–H and O–H groups in total. The highest BCUT2D eigenvalue weighted by Crippen LogP contribution is 2.29. The fraction of sp³-hybridized carbons (Fsp3) is 0.350. The fourth-order valence-corrected chi connectivity index (χ4v) is 5.50. The zero-order chi connectivity index (χ0) is 25.3. The summed E-state index contributed by atoms with van der Waals surface area (Å²) in [6.07, 6.45) is -3.42. The van der Waals surface area contributed by atoms with Gasteiger partial charge in [0.25, 0.3) is 0 Å². The average Bonchev–Trinajstić information content (AvgIpc) is 2.78. The van der Waals surface area contributed by atoms with Crippen molar-refractivity contribution < 1.29 is 31.2 Å². The summed E-state index contributed by atoms with van der Waals surface area (Å²) >= 11 is 8.97. The summed E-state index contributed by atoms with van der Waals surface area (Å²) in [6.45, 7) is 0.937. The minimum Gasteiger partial charge on any atom is -0.351 e. The van der Waals surface area contributed by atoms with Crippen LogP contribution in [0.4, 0.5) is 13.2 Å². The Hall–Kier alpha value is -1.93. The van der Waals surface area contributed by atoms with Crippen molar-refractivity contribution in [2.75, 3.05) is 19.6 Å². The molecule has 1 aromatic heterocycles. The second-order valence-corrected chi connectivity index (χ2v) is 10.6. The predicted octanol–water partition coefficient (Wildman–Crippen LogP) is 3.48. The number of rotatable bonds is 5. The van der Waals surface area contributed by atoms with Crippen LogP contribution < -0.4 is 5.32 Å². The maximum Gasteiger partial charge on any atom is 0.416 e. The standard InChI is InChI=1S/C20H19BrClF3N4O4S.ClH/c1-12(30)28-6-7-29(34(32,33)15-8-16(21)18(22)26-10-15)17(11-28)19(31)27-9-13-2-4-14(5-3-13)20(23,24)25;/h2-5,8,10,17H,6-7,9,11H2,1H3,(H,27,31);1H. The van der Waals surface area contributed by atoms with E-state index in [0.717, 1.165) is 22.6 Å². The maximum atomic E-state index is 13.3. The number of alkyl halides is 3. The number of aromatic nitrogens is 1. The fourth-order valence-electron chi connectivity index (χ4n) is 3.35. The Morgan fingerprint density at radius 3 is 2.40 bits per heavy atom. The molecular weight excluding hydrogens is 600 g/mol. The maximum absolute atomic E-state index is 13.3. The number of carbonyl (C=O) groups excluding carboxylic acids is 2. The van der Waals surface area contributed by atoms with Crippen LogP contribution in [0, 0.1) is 0 Å². The van der Waals surface area contributed by atoms with Crippen LogP contribution in [0.15, 0.2) is 45.9 Å². The lowest BCUT2D eigenvalue weighted by molar-refractivity contribution is -0.138. The highest BCUT2D eigenvalue weighted by atomic mass is 79.9. The first-order valence-corrected chi connectivity index (χ1v) is 12.4. The monoisotopic (exact) mass is 618 g/mol. The van der Waals surface area contributed by atoms with E-state index in [4.69, 9.17) is 11.6 Å². The number of amides is 2. The number of hydrogen-bond donors (Lipinski definition) is 1. The summed E-state index contributed by atoms with van der Waals surface area (Å²) in [5.74, 6) is -1.02. The van der Waals surface area contributed by atoms with E-state index in [1.165, 1.54) is 30.0 Å². The molecule has 1 saturated heterocycles. The number of hydrogen-bond acceptors (Lipinski definition) is 5. The zero-order valence-corrected chi connectivity index (χ0v) is 22.0. The first-order valence-electron chi connectivity index (χ1n) is 9.83. The van der Waals surface area contributed by atoms with Gasteiger partial charge in [0.2, 0.25) is 21.8 Å². The Labute approximate surface area is 219 Å². The average molecular weight is 620 g/mol. The molecule has 0 radical (unpaired) electrons. The van der Waals surface area contributed by atoms with Crippen molar-refractivity contribution in [1.29, 1.82) is 0 Å². The van der Waals surface area contributed by atoms with Crippen LogP contribution in [0.3, 0.4) is 0 Å². The molecular formula is C20H20BrCl2F3N4O4S. The second kappa shape index (κ2) is 11.4. The summed E-state index contributed by atoms with van der Waals surface area (Å²) in [5.41, 5.74) is -0.437. The van der Waals surface area contributed by atoms with Crippen molar-refractivity contribution >= 4 is 61.8 Å². The van der Waals surface area contributed by atoms with E-state index in [1.54, 1.807) is 0 Å². The lowest BCUT2D eigenvalue weighted by Gasteiger charge is -2.39. The number of nitrogens with zero attached hydrogens (tertiary/aromatic N) is 3. The molecule has 0 bridgehead atoms. The molecule has 3 rings (SSSR count). The van der Waals surface area contributed by atoms with Gasteiger partial charge in [0, 0.05) is 39.3 Å². The van der Waals surface area contributed by atoms with Crippen molar-refractivity contribution in [3.8, 4) is 0 Å². The third-order valence-corrected chi connectivity index (χ3v) is 8.21. The lowest BCUT2D eigenvalue weighted by Crippen LogP contribution is -2.61. The van der Waals surface area contributed by atoms with Crippen molar-refractivity contribution in [2.24, 2.45) is 0 Å². The predicted molar refractivity (Wildman–Crippen MR) is 127 cm³/mol. The smallest absolute Gasteiger partial charge is 0.351 e. The molecule has 0 aliphatic carbocycles. The molecule has 35 heavy (non-hydrogen) atoms. The van der Waals surface area contributed by atoms with E-state index in [-0.39, 0.29) is 59.0 Å². The van der Waals surface area contributed by atoms with Crippen LogP contribution in [0.1, 0.15) is 18.1 Å². The van der Waals surface area contributed by atoms with Gasteiger partial charge in [0.15, 0.2) is 0 Å². The van der Waals surface area contributed by atoms with Crippen LogP contribution in [0.2, 0.25) is 5.15 Å². The SMILES string of the molecule is CC(=O)N1CCN(S(=O)(=O)c2cnc(Cl)c(Br)c2)C(C(=O)NCc2ccc(C(F)(F)F)cc2)C1.Cl. The van der Waals surface area contributed by atoms with E-state index in [9.17, 15) is 31.2 Å². The normalized spacial score (nSPS) is 17.0. The third-order valence-electron chi connectivity index (χ3n) is 5.21. The molecule has 1 aliphatic heterocycles. The molecule has 192 valence electrons. The summed E-state index contributed by atoms with van der Waals surface area (Å²) in [5, 5.41) is 2.61. The number of piperazine rings is 1. The molecule has 1 unspecified atom stereocenters. The number of carbonyl (C=O) groups is 2. The third kappa shape index (κ3) is 6.85. The van der Waals surface area contributed by atoms with Crippen LogP contribution in [0.25, 0.3) is 0 Å². The number of nitrogens with one attached hydrogen (secondary N) is 1. The van der Waals surface area contributed by atoms with Gasteiger partial charge in [0.05, 0.1) is 10.0 Å². The second-order valence-electron chi connectivity index (χ2n) is 7.45. The van der Waals surface area contributed by atoms with Crippen LogP contribution >= 0.6 is 39.9 Å². The summed E-state index contributed by atoms with van der Waals surface area (Å²) in [7, 11) is -4.19. The van der Waals surface area contributed by atoms with Gasteiger partial charge in [-0.05, 0) is 39.7 Å². The van der Waals surface area contributed by atoms with E-state index in [1.807, 2.05) is 0 Å². The van der Waals surface area contributed by atoms with Crippen molar-refractivity contribution in [3.63, 3.8) is 0 Å². The van der Waals surface area contributed by atoms with Crippen molar-refractivity contribution in [1.82, 2.24) is 19.5 Å². The molecule has 1 aromatic carbocycles. The molecule has 1 aliphatic rings.